The number of hydrogen-bond donors (Lipinski definition) is 2. The van der Waals surface area contributed by atoms with E-state index in [2.05, 4.69) is 15.2 Å². The molecule has 0 saturated carbocycles. The molecule has 1 aromatic carbocycles. The molecule has 0 radical (unpaired) electrons. The van der Waals surface area contributed by atoms with Crippen molar-refractivity contribution >= 4 is 16.8 Å². The molecule has 39 heavy (non-hydrogen) atoms. The Kier molecular flexibility index (Phi) is 6.90. The molecule has 1 aliphatic rings. The summed E-state index contributed by atoms with van der Waals surface area (Å²) in [4.78, 5) is 44.7. The summed E-state index contributed by atoms with van der Waals surface area (Å²) in [7, 11) is 5.25. The lowest BCUT2D eigenvalue weighted by Crippen LogP contribution is -2.46. The van der Waals surface area contributed by atoms with Gasteiger partial charge in [-0.05, 0) is 75.7 Å². The molecular weight excluding hydrogens is 501 g/mol. The average molecular weight is 534 g/mol. The van der Waals surface area contributed by atoms with Crippen molar-refractivity contribution in [3.05, 3.63) is 80.0 Å². The summed E-state index contributed by atoms with van der Waals surface area (Å²) in [5, 5.41) is 3.56. The van der Waals surface area contributed by atoms with E-state index in [0.29, 0.717) is 33.4 Å². The summed E-state index contributed by atoms with van der Waals surface area (Å²) in [5.74, 6) is -0.266. The first-order chi connectivity index (χ1) is 18.5. The second-order valence-electron chi connectivity index (χ2n) is 10.5. The Balaban J connectivity index is 1.63. The fourth-order valence-corrected chi connectivity index (χ4v) is 5.29. The number of aromatic amines is 1. The molecule has 5 rings (SSSR count). The Morgan fingerprint density at radius 2 is 1.74 bits per heavy atom. The molecule has 10 heteroatoms. The summed E-state index contributed by atoms with van der Waals surface area (Å²) in [6.45, 7) is 5.18. The number of carbonyl (C=O) groups is 1. The maximum atomic E-state index is 13.9. The van der Waals surface area contributed by atoms with Gasteiger partial charge in [-0.1, -0.05) is 0 Å². The normalized spacial score (nSPS) is 16.0. The number of nitrogens with zero attached hydrogens (tertiary/aromatic N) is 3. The van der Waals surface area contributed by atoms with Crippen molar-refractivity contribution in [2.75, 3.05) is 20.1 Å². The van der Waals surface area contributed by atoms with Crippen LogP contribution in [0.4, 0.5) is 4.39 Å². The highest BCUT2D eigenvalue weighted by atomic mass is 19.1. The van der Waals surface area contributed by atoms with Gasteiger partial charge in [0.05, 0.1) is 0 Å². The average Bonchev–Trinajstić information content (AvgIpc) is 3.32. The van der Waals surface area contributed by atoms with Gasteiger partial charge in [0, 0.05) is 55.6 Å². The molecule has 1 aliphatic heterocycles. The number of hydrogen-bond acceptors (Lipinski definition) is 5. The third-order valence-corrected chi connectivity index (χ3v) is 7.31. The van der Waals surface area contributed by atoms with Gasteiger partial charge in [0.15, 0.2) is 5.75 Å². The van der Waals surface area contributed by atoms with E-state index >= 15 is 0 Å². The highest BCUT2D eigenvalue weighted by Gasteiger charge is 2.24. The van der Waals surface area contributed by atoms with E-state index in [1.165, 1.54) is 21.3 Å². The zero-order chi connectivity index (χ0) is 28.0. The number of carbonyl (C=O) groups excluding carboxylic acids is 1. The molecule has 0 bridgehead atoms. The molecular formula is C29H32FN5O4. The highest BCUT2D eigenvalue weighted by molar-refractivity contribution is 6.03. The number of ether oxygens (including phenoxy) is 1. The number of pyridine rings is 2. The van der Waals surface area contributed by atoms with Crippen LogP contribution in [0.3, 0.4) is 0 Å². The largest absolute Gasteiger partial charge is 0.450 e. The first kappa shape index (κ1) is 26.4. The van der Waals surface area contributed by atoms with Crippen LogP contribution in [0, 0.1) is 19.7 Å². The molecule has 0 aliphatic carbocycles. The minimum atomic E-state index is -0.396. The van der Waals surface area contributed by atoms with E-state index in [1.807, 2.05) is 7.05 Å². The molecule has 1 atom stereocenters. The third kappa shape index (κ3) is 4.99. The fraction of sp³-hybridized carbons (Fsp3) is 0.345. The fourth-order valence-electron chi connectivity index (χ4n) is 5.29. The van der Waals surface area contributed by atoms with Crippen molar-refractivity contribution < 1.29 is 13.9 Å². The molecule has 1 unspecified atom stereocenters. The second-order valence-corrected chi connectivity index (χ2v) is 10.5. The van der Waals surface area contributed by atoms with Crippen LogP contribution in [-0.2, 0) is 14.1 Å². The number of halogens is 1. The quantitative estimate of drug-likeness (QED) is 0.408. The molecule has 2 N–H and O–H groups in total. The van der Waals surface area contributed by atoms with Gasteiger partial charge in [0.25, 0.3) is 17.0 Å². The Morgan fingerprint density at radius 1 is 1.03 bits per heavy atom. The van der Waals surface area contributed by atoms with Gasteiger partial charge < -0.3 is 29.1 Å². The predicted octanol–water partition coefficient (Wildman–Crippen LogP) is 3.60. The van der Waals surface area contributed by atoms with Crippen LogP contribution in [0.2, 0.25) is 0 Å². The van der Waals surface area contributed by atoms with Gasteiger partial charge in [-0.15, -0.1) is 0 Å². The number of amides is 1. The van der Waals surface area contributed by atoms with Gasteiger partial charge in [0.1, 0.15) is 22.8 Å². The predicted molar refractivity (Wildman–Crippen MR) is 148 cm³/mol. The maximum Gasteiger partial charge on any atom is 0.293 e. The smallest absolute Gasteiger partial charge is 0.293 e. The zero-order valence-corrected chi connectivity index (χ0v) is 22.7. The van der Waals surface area contributed by atoms with E-state index < -0.39 is 11.4 Å². The van der Waals surface area contributed by atoms with Gasteiger partial charge in [-0.2, -0.15) is 0 Å². The maximum absolute atomic E-state index is 13.9. The van der Waals surface area contributed by atoms with Gasteiger partial charge >= 0.3 is 0 Å². The van der Waals surface area contributed by atoms with E-state index in [4.69, 9.17) is 4.74 Å². The number of piperidine rings is 1. The number of aryl methyl sites for hydroxylation is 4. The minimum Gasteiger partial charge on any atom is -0.450 e. The lowest BCUT2D eigenvalue weighted by Gasteiger charge is -2.30. The van der Waals surface area contributed by atoms with Gasteiger partial charge in [-0.25, -0.2) is 4.39 Å². The summed E-state index contributed by atoms with van der Waals surface area (Å²) in [6, 6.07) is 6.09. The van der Waals surface area contributed by atoms with Gasteiger partial charge in [0.2, 0.25) is 0 Å². The third-order valence-electron chi connectivity index (χ3n) is 7.31. The zero-order valence-electron chi connectivity index (χ0n) is 22.7. The first-order valence-corrected chi connectivity index (χ1v) is 12.9. The molecule has 204 valence electrons. The lowest BCUT2D eigenvalue weighted by molar-refractivity contribution is 0.0908. The van der Waals surface area contributed by atoms with Crippen LogP contribution in [0.25, 0.3) is 22.0 Å². The highest BCUT2D eigenvalue weighted by Crippen LogP contribution is 2.36. The molecule has 4 aromatic rings. The summed E-state index contributed by atoms with van der Waals surface area (Å²) in [5.41, 5.74) is 1.90. The molecule has 1 amide bonds. The molecule has 9 nitrogen and oxygen atoms in total. The SMILES string of the molecule is Cc1cc(F)cc(C)c1Oc1c(-c2cn(C)c(=O)c3[nH]c(C(=O)NC4CCCN(C)C4)cc23)ccn(C)c1=O. The number of likely N-dealkylation sites (N-methyl/N-ethyl adjacent to an activating group) is 1. The monoisotopic (exact) mass is 533 g/mol. The van der Waals surface area contributed by atoms with Crippen LogP contribution < -0.4 is 21.2 Å². The standard InChI is InChI=1S/C29H32FN5O4/c1-16-11-18(30)12-17(2)25(16)39-26-20(8-10-34(4)29(26)38)22-15-35(5)28(37)24-21(22)13-23(32-24)27(36)31-19-7-6-9-33(3)14-19/h8,10-13,15,19,32H,6-7,9,14H2,1-5H3,(H,31,36). The molecule has 0 spiro atoms. The second kappa shape index (κ2) is 10.2. The Hall–Kier alpha value is -4.18. The first-order valence-electron chi connectivity index (χ1n) is 12.9. The minimum absolute atomic E-state index is 0.0179. The molecule has 1 saturated heterocycles. The van der Waals surface area contributed by atoms with Crippen LogP contribution in [0.1, 0.15) is 34.5 Å². The van der Waals surface area contributed by atoms with Crippen molar-refractivity contribution in [1.29, 1.82) is 0 Å². The van der Waals surface area contributed by atoms with Crippen molar-refractivity contribution in [2.24, 2.45) is 14.1 Å². The van der Waals surface area contributed by atoms with Gasteiger partial charge in [-0.3, -0.25) is 14.4 Å². The van der Waals surface area contributed by atoms with Crippen LogP contribution in [-0.4, -0.2) is 51.1 Å². The number of H-pyrrole nitrogens is 1. The molecule has 4 heterocycles. The summed E-state index contributed by atoms with van der Waals surface area (Å²) in [6.07, 6.45) is 5.13. The van der Waals surface area contributed by atoms with Crippen molar-refractivity contribution in [3.8, 4) is 22.6 Å². The number of fused-ring (bicyclic) bond motifs is 1. The number of nitrogens with one attached hydrogen (secondary N) is 2. The number of rotatable bonds is 5. The van der Waals surface area contributed by atoms with Crippen LogP contribution in [0.15, 0.2) is 46.2 Å². The van der Waals surface area contributed by atoms with Crippen LogP contribution in [0.5, 0.6) is 11.5 Å². The van der Waals surface area contributed by atoms with Crippen molar-refractivity contribution in [2.45, 2.75) is 32.7 Å². The van der Waals surface area contributed by atoms with E-state index in [9.17, 15) is 18.8 Å². The van der Waals surface area contributed by atoms with E-state index in [1.54, 1.807) is 52.5 Å². The van der Waals surface area contributed by atoms with E-state index in [0.717, 1.165) is 25.9 Å². The number of benzene rings is 1. The Morgan fingerprint density at radius 3 is 2.44 bits per heavy atom. The molecule has 3 aromatic heterocycles. The molecule has 1 fully saturated rings. The van der Waals surface area contributed by atoms with E-state index in [-0.39, 0.29) is 34.5 Å². The van der Waals surface area contributed by atoms with Crippen molar-refractivity contribution in [1.82, 2.24) is 24.3 Å². The summed E-state index contributed by atoms with van der Waals surface area (Å²) >= 11 is 0. The summed E-state index contributed by atoms with van der Waals surface area (Å²) < 4.78 is 22.9. The lowest BCUT2D eigenvalue weighted by atomic mass is 10.0. The van der Waals surface area contributed by atoms with Crippen LogP contribution >= 0.6 is 0 Å². The number of aromatic nitrogens is 3. The number of likely N-dealkylation sites (tertiary alicyclic amines) is 1. The Labute approximate surface area is 224 Å². The topological polar surface area (TPSA) is 101 Å². The van der Waals surface area contributed by atoms with Crippen molar-refractivity contribution in [3.63, 3.8) is 0 Å². The Bertz CT molecular complexity index is 1690.